The maximum atomic E-state index is 11.4. The van der Waals surface area contributed by atoms with Crippen molar-refractivity contribution in [1.82, 2.24) is 4.57 Å². The standard InChI is InChI=1S/C11H8BrNO3/c1-7(15)13-5-11(16-6-14)9-4-8(12)2-3-10(9)13/h2-6H,1H3. The highest BCUT2D eigenvalue weighted by atomic mass is 79.9. The van der Waals surface area contributed by atoms with Crippen LogP contribution in [0.5, 0.6) is 5.75 Å². The zero-order valence-corrected chi connectivity index (χ0v) is 10.0. The number of aromatic nitrogens is 1. The highest BCUT2D eigenvalue weighted by molar-refractivity contribution is 9.10. The van der Waals surface area contributed by atoms with Crippen molar-refractivity contribution < 1.29 is 14.3 Å². The molecule has 2 aromatic rings. The molecular weight excluding hydrogens is 274 g/mol. The molecule has 0 aliphatic carbocycles. The molecule has 0 saturated heterocycles. The summed E-state index contributed by atoms with van der Waals surface area (Å²) in [6, 6.07) is 5.42. The van der Waals surface area contributed by atoms with Gasteiger partial charge in [-0.1, -0.05) is 15.9 Å². The van der Waals surface area contributed by atoms with Gasteiger partial charge in [-0.2, -0.15) is 0 Å². The average molecular weight is 282 g/mol. The molecule has 0 spiro atoms. The van der Waals surface area contributed by atoms with Gasteiger partial charge in [0.05, 0.1) is 11.7 Å². The fourth-order valence-electron chi connectivity index (χ4n) is 1.58. The average Bonchev–Trinajstić information content (AvgIpc) is 2.58. The number of benzene rings is 1. The predicted molar refractivity (Wildman–Crippen MR) is 62.6 cm³/mol. The van der Waals surface area contributed by atoms with Crippen LogP contribution in [0.4, 0.5) is 0 Å². The lowest BCUT2D eigenvalue weighted by Gasteiger charge is -1.98. The van der Waals surface area contributed by atoms with E-state index in [1.54, 1.807) is 12.1 Å². The Kier molecular flexibility index (Phi) is 2.78. The van der Waals surface area contributed by atoms with Crippen molar-refractivity contribution in [2.75, 3.05) is 0 Å². The molecule has 0 aliphatic heterocycles. The zero-order valence-electron chi connectivity index (χ0n) is 8.44. The summed E-state index contributed by atoms with van der Waals surface area (Å²) in [5, 5.41) is 0.719. The van der Waals surface area contributed by atoms with Gasteiger partial charge in [0, 0.05) is 16.8 Å². The third-order valence-electron chi connectivity index (χ3n) is 2.24. The van der Waals surface area contributed by atoms with Crippen molar-refractivity contribution in [1.29, 1.82) is 0 Å². The smallest absolute Gasteiger partial charge is 0.298 e. The second kappa shape index (κ2) is 4.09. The molecule has 0 aliphatic rings. The number of carbonyl (C=O) groups excluding carboxylic acids is 2. The molecule has 1 aromatic carbocycles. The van der Waals surface area contributed by atoms with E-state index in [1.807, 2.05) is 6.07 Å². The molecular formula is C11H8BrNO3. The fraction of sp³-hybridized carbons (Fsp3) is 0.0909. The van der Waals surface area contributed by atoms with Crippen LogP contribution in [0.25, 0.3) is 10.9 Å². The van der Waals surface area contributed by atoms with Gasteiger partial charge in [-0.15, -0.1) is 0 Å². The van der Waals surface area contributed by atoms with E-state index >= 15 is 0 Å². The van der Waals surface area contributed by atoms with Crippen molar-refractivity contribution in [3.8, 4) is 5.75 Å². The van der Waals surface area contributed by atoms with Gasteiger partial charge >= 0.3 is 0 Å². The summed E-state index contributed by atoms with van der Waals surface area (Å²) < 4.78 is 7.13. The van der Waals surface area contributed by atoms with E-state index in [0.29, 0.717) is 17.7 Å². The molecule has 0 atom stereocenters. The van der Waals surface area contributed by atoms with Crippen molar-refractivity contribution in [3.05, 3.63) is 28.9 Å². The van der Waals surface area contributed by atoms with Crippen LogP contribution in [0.2, 0.25) is 0 Å². The first-order valence-electron chi connectivity index (χ1n) is 4.55. The molecule has 16 heavy (non-hydrogen) atoms. The largest absolute Gasteiger partial charge is 0.426 e. The summed E-state index contributed by atoms with van der Waals surface area (Å²) in [5.74, 6) is 0.245. The Bertz CT molecular complexity index is 574. The fourth-order valence-corrected chi connectivity index (χ4v) is 1.94. The maximum Gasteiger partial charge on any atom is 0.298 e. The summed E-state index contributed by atoms with van der Waals surface area (Å²) in [5.41, 5.74) is 0.715. The molecule has 0 N–H and O–H groups in total. The molecule has 0 radical (unpaired) electrons. The van der Waals surface area contributed by atoms with Gasteiger partial charge in [0.2, 0.25) is 5.91 Å². The summed E-state index contributed by atoms with van der Waals surface area (Å²) >= 11 is 3.33. The Balaban J connectivity index is 2.75. The van der Waals surface area contributed by atoms with Gasteiger partial charge in [0.15, 0.2) is 5.75 Å². The molecule has 0 fully saturated rings. The lowest BCUT2D eigenvalue weighted by Crippen LogP contribution is -2.02. The molecule has 1 aromatic heterocycles. The van der Waals surface area contributed by atoms with Crippen LogP contribution in [-0.2, 0) is 4.79 Å². The van der Waals surface area contributed by atoms with Gasteiger partial charge in [0.1, 0.15) is 0 Å². The van der Waals surface area contributed by atoms with E-state index in [2.05, 4.69) is 15.9 Å². The number of hydrogen-bond acceptors (Lipinski definition) is 3. The van der Waals surface area contributed by atoms with Crippen LogP contribution in [0, 0.1) is 0 Å². The minimum atomic E-state index is -0.131. The SMILES string of the molecule is CC(=O)n1cc(OC=O)c2cc(Br)ccc21. The van der Waals surface area contributed by atoms with Gasteiger partial charge < -0.3 is 4.74 Å². The maximum absolute atomic E-state index is 11.4. The molecule has 4 nitrogen and oxygen atoms in total. The molecule has 1 heterocycles. The first-order chi connectivity index (χ1) is 7.63. The molecule has 0 saturated carbocycles. The summed E-state index contributed by atoms with van der Waals surface area (Å²) in [7, 11) is 0. The zero-order chi connectivity index (χ0) is 11.7. The lowest BCUT2D eigenvalue weighted by atomic mass is 10.2. The first-order valence-corrected chi connectivity index (χ1v) is 5.34. The van der Waals surface area contributed by atoms with Crippen molar-refractivity contribution in [2.45, 2.75) is 6.92 Å². The summed E-state index contributed by atoms with van der Waals surface area (Å²) in [6.07, 6.45) is 1.51. The van der Waals surface area contributed by atoms with Gasteiger partial charge in [-0.3, -0.25) is 14.2 Å². The van der Waals surface area contributed by atoms with E-state index in [9.17, 15) is 9.59 Å². The molecule has 5 heteroatoms. The van der Waals surface area contributed by atoms with Crippen LogP contribution in [0.3, 0.4) is 0 Å². The normalized spacial score (nSPS) is 10.4. The van der Waals surface area contributed by atoms with Gasteiger partial charge in [-0.25, -0.2) is 0 Å². The van der Waals surface area contributed by atoms with E-state index < -0.39 is 0 Å². The van der Waals surface area contributed by atoms with Crippen molar-refractivity contribution >= 4 is 39.2 Å². The third kappa shape index (κ3) is 1.74. The minimum absolute atomic E-state index is 0.131. The molecule has 2 rings (SSSR count). The Morgan fingerprint density at radius 2 is 2.25 bits per heavy atom. The number of ether oxygens (including phenoxy) is 1. The van der Waals surface area contributed by atoms with E-state index in [4.69, 9.17) is 4.74 Å². The monoisotopic (exact) mass is 281 g/mol. The molecule has 0 unspecified atom stereocenters. The predicted octanol–water partition coefficient (Wildman–Crippen LogP) is 2.60. The highest BCUT2D eigenvalue weighted by Gasteiger charge is 2.12. The van der Waals surface area contributed by atoms with Gasteiger partial charge in [-0.05, 0) is 18.2 Å². The van der Waals surface area contributed by atoms with Gasteiger partial charge in [0.25, 0.3) is 6.47 Å². The summed E-state index contributed by atoms with van der Waals surface area (Å²) in [4.78, 5) is 21.7. The van der Waals surface area contributed by atoms with E-state index in [0.717, 1.165) is 9.86 Å². The Morgan fingerprint density at radius 1 is 1.50 bits per heavy atom. The number of fused-ring (bicyclic) bond motifs is 1. The van der Waals surface area contributed by atoms with Crippen LogP contribution in [0.1, 0.15) is 11.7 Å². The number of halogens is 1. The number of carbonyl (C=O) groups is 2. The number of nitrogens with zero attached hydrogens (tertiary/aromatic N) is 1. The van der Waals surface area contributed by atoms with E-state index in [-0.39, 0.29) is 5.91 Å². The Labute approximate surface area is 99.9 Å². The van der Waals surface area contributed by atoms with Crippen LogP contribution < -0.4 is 4.74 Å². The first kappa shape index (κ1) is 10.9. The third-order valence-corrected chi connectivity index (χ3v) is 2.74. The second-order valence-corrected chi connectivity index (χ2v) is 4.17. The van der Waals surface area contributed by atoms with Crippen molar-refractivity contribution in [2.24, 2.45) is 0 Å². The molecule has 0 amide bonds. The van der Waals surface area contributed by atoms with Crippen LogP contribution in [-0.4, -0.2) is 16.9 Å². The topological polar surface area (TPSA) is 48.3 Å². The minimum Gasteiger partial charge on any atom is -0.426 e. The summed E-state index contributed by atoms with van der Waals surface area (Å²) in [6.45, 7) is 1.80. The quantitative estimate of drug-likeness (QED) is 0.795. The van der Waals surface area contributed by atoms with Crippen LogP contribution >= 0.6 is 15.9 Å². The van der Waals surface area contributed by atoms with Crippen molar-refractivity contribution in [3.63, 3.8) is 0 Å². The Hall–Kier alpha value is -1.62. The van der Waals surface area contributed by atoms with E-state index in [1.165, 1.54) is 17.7 Å². The molecule has 0 bridgehead atoms. The van der Waals surface area contributed by atoms with Crippen LogP contribution in [0.15, 0.2) is 28.9 Å². The number of hydrogen-bond donors (Lipinski definition) is 0. The second-order valence-electron chi connectivity index (χ2n) is 3.26. The Morgan fingerprint density at radius 3 is 2.88 bits per heavy atom. The lowest BCUT2D eigenvalue weighted by molar-refractivity contribution is -0.120. The molecule has 82 valence electrons. The highest BCUT2D eigenvalue weighted by Crippen LogP contribution is 2.30. The number of rotatable bonds is 2.